The number of halogens is 1. The lowest BCUT2D eigenvalue weighted by molar-refractivity contribution is 0.0494. The van der Waals surface area contributed by atoms with Crippen LogP contribution in [0.25, 0.3) is 10.9 Å². The van der Waals surface area contributed by atoms with Gasteiger partial charge >= 0.3 is 6.09 Å². The molecule has 0 spiro atoms. The van der Waals surface area contributed by atoms with Gasteiger partial charge in [0, 0.05) is 28.5 Å². The minimum atomic E-state index is -0.482. The van der Waals surface area contributed by atoms with Crippen LogP contribution in [0.3, 0.4) is 0 Å². The Bertz CT molecular complexity index is 806. The maximum absolute atomic E-state index is 12.0. The van der Waals surface area contributed by atoms with E-state index in [0.29, 0.717) is 0 Å². The topological polar surface area (TPSA) is 67.3 Å². The molecule has 1 fully saturated rings. The van der Waals surface area contributed by atoms with Gasteiger partial charge in [0.05, 0.1) is 5.52 Å². The van der Waals surface area contributed by atoms with E-state index < -0.39 is 5.60 Å². The summed E-state index contributed by atoms with van der Waals surface area (Å²) in [6, 6.07) is 6.39. The molecule has 3 rings (SSSR count). The predicted octanol–water partition coefficient (Wildman–Crippen LogP) is 4.27. The molecule has 0 saturated carbocycles. The number of piperidine rings is 1. The molecule has 26 heavy (non-hydrogen) atoms. The molecule has 1 N–H and O–H groups in total. The van der Waals surface area contributed by atoms with Gasteiger partial charge in [-0.25, -0.2) is 14.8 Å². The van der Waals surface area contributed by atoms with Crippen molar-refractivity contribution in [3.8, 4) is 0 Å². The zero-order chi connectivity index (χ0) is 18.9. The number of anilines is 1. The Morgan fingerprint density at radius 2 is 2.12 bits per heavy atom. The van der Waals surface area contributed by atoms with Crippen LogP contribution in [0.15, 0.2) is 29.0 Å². The number of carbonyl (C=O) groups excluding carboxylic acids is 1. The van der Waals surface area contributed by atoms with E-state index in [2.05, 4.69) is 49.1 Å². The number of nitrogens with zero attached hydrogens (tertiary/aromatic N) is 3. The highest BCUT2D eigenvalue weighted by molar-refractivity contribution is 9.10. The molecule has 6 nitrogen and oxygen atoms in total. The highest BCUT2D eigenvalue weighted by Gasteiger charge is 2.29. The van der Waals surface area contributed by atoms with Crippen molar-refractivity contribution >= 4 is 38.7 Å². The van der Waals surface area contributed by atoms with Gasteiger partial charge in [0.25, 0.3) is 0 Å². The minimum Gasteiger partial charge on any atom is -0.444 e. The zero-order valence-corrected chi connectivity index (χ0v) is 17.2. The normalized spacial score (nSPS) is 20.9. The van der Waals surface area contributed by atoms with Crippen LogP contribution in [0.2, 0.25) is 0 Å². The van der Waals surface area contributed by atoms with E-state index in [9.17, 15) is 4.79 Å². The molecule has 1 saturated heterocycles. The number of amides is 1. The fourth-order valence-electron chi connectivity index (χ4n) is 3.34. The van der Waals surface area contributed by atoms with Gasteiger partial charge < -0.3 is 15.0 Å². The molecular weight excluding hydrogens is 396 g/mol. The van der Waals surface area contributed by atoms with E-state index in [1.165, 1.54) is 0 Å². The molecule has 2 aromatic rings. The van der Waals surface area contributed by atoms with E-state index in [1.807, 2.05) is 32.9 Å². The van der Waals surface area contributed by atoms with Gasteiger partial charge in [0.2, 0.25) is 0 Å². The first-order valence-corrected chi connectivity index (χ1v) is 9.68. The molecule has 7 heteroatoms. The molecular formula is C19H25BrN4O2. The highest BCUT2D eigenvalue weighted by atomic mass is 79.9. The Hall–Kier alpha value is -1.89. The van der Waals surface area contributed by atoms with Gasteiger partial charge in [-0.15, -0.1) is 0 Å². The van der Waals surface area contributed by atoms with Gasteiger partial charge in [-0.05, 0) is 58.7 Å². The molecule has 140 valence electrons. The third kappa shape index (κ3) is 4.44. The van der Waals surface area contributed by atoms with Gasteiger partial charge in [0.15, 0.2) is 0 Å². The maximum Gasteiger partial charge on any atom is 0.407 e. The number of carbonyl (C=O) groups is 1. The van der Waals surface area contributed by atoms with Crippen molar-refractivity contribution in [1.29, 1.82) is 0 Å². The lowest BCUT2D eigenvalue weighted by Crippen LogP contribution is -2.50. The number of alkyl carbamates (subject to hydrolysis) is 1. The molecule has 0 aliphatic carbocycles. The van der Waals surface area contributed by atoms with Gasteiger partial charge in [-0.2, -0.15) is 0 Å². The molecule has 2 unspecified atom stereocenters. The first-order chi connectivity index (χ1) is 12.2. The van der Waals surface area contributed by atoms with Crippen molar-refractivity contribution in [3.63, 3.8) is 0 Å². The first-order valence-electron chi connectivity index (χ1n) is 8.89. The fraction of sp³-hybridized carbons (Fsp3) is 0.526. The molecule has 1 aromatic heterocycles. The van der Waals surface area contributed by atoms with E-state index in [-0.39, 0.29) is 18.2 Å². The van der Waals surface area contributed by atoms with E-state index in [0.717, 1.165) is 40.6 Å². The Morgan fingerprint density at radius 1 is 1.35 bits per heavy atom. The SMILES string of the molecule is CC1CC(NC(=O)OC(C)(C)C)CCN1c1ncnc2ccc(Br)cc12. The minimum absolute atomic E-state index is 0.107. The van der Waals surface area contributed by atoms with Crippen molar-refractivity contribution < 1.29 is 9.53 Å². The number of hydrogen-bond acceptors (Lipinski definition) is 5. The maximum atomic E-state index is 12.0. The van der Waals surface area contributed by atoms with Crippen molar-refractivity contribution in [3.05, 3.63) is 29.0 Å². The van der Waals surface area contributed by atoms with Crippen molar-refractivity contribution in [1.82, 2.24) is 15.3 Å². The molecule has 2 heterocycles. The lowest BCUT2D eigenvalue weighted by Gasteiger charge is -2.39. The third-order valence-corrected chi connectivity index (χ3v) is 4.94. The lowest BCUT2D eigenvalue weighted by atomic mass is 9.98. The molecule has 0 bridgehead atoms. The van der Waals surface area contributed by atoms with Crippen LogP contribution in [0.5, 0.6) is 0 Å². The summed E-state index contributed by atoms with van der Waals surface area (Å²) in [5.74, 6) is 0.944. The number of nitrogens with one attached hydrogen (secondary N) is 1. The number of rotatable bonds is 2. The Balaban J connectivity index is 1.72. The van der Waals surface area contributed by atoms with Crippen molar-refractivity contribution in [2.75, 3.05) is 11.4 Å². The summed E-state index contributed by atoms with van der Waals surface area (Å²) in [5, 5.41) is 4.03. The molecule has 1 aliphatic heterocycles. The van der Waals surface area contributed by atoms with Crippen LogP contribution < -0.4 is 10.2 Å². The standard InChI is InChI=1S/C19H25BrN4O2/c1-12-9-14(23-18(25)26-19(2,3)4)7-8-24(12)17-15-10-13(20)5-6-16(15)21-11-22-17/h5-6,10-12,14H,7-9H2,1-4H3,(H,23,25). The zero-order valence-electron chi connectivity index (χ0n) is 15.6. The first kappa shape index (κ1) is 18.9. The molecule has 2 atom stereocenters. The second kappa shape index (κ2) is 7.39. The van der Waals surface area contributed by atoms with Crippen molar-refractivity contribution in [2.24, 2.45) is 0 Å². The van der Waals surface area contributed by atoms with E-state index in [1.54, 1.807) is 6.33 Å². The number of benzene rings is 1. The van der Waals surface area contributed by atoms with Crippen LogP contribution in [0.1, 0.15) is 40.5 Å². The second-order valence-corrected chi connectivity index (χ2v) is 8.68. The van der Waals surface area contributed by atoms with Crippen LogP contribution in [-0.4, -0.2) is 40.3 Å². The Kier molecular flexibility index (Phi) is 5.37. The van der Waals surface area contributed by atoms with Crippen LogP contribution in [0, 0.1) is 0 Å². The van der Waals surface area contributed by atoms with Gasteiger partial charge in [0.1, 0.15) is 17.7 Å². The number of aromatic nitrogens is 2. The smallest absolute Gasteiger partial charge is 0.407 e. The predicted molar refractivity (Wildman–Crippen MR) is 106 cm³/mol. The second-order valence-electron chi connectivity index (χ2n) is 7.77. The highest BCUT2D eigenvalue weighted by Crippen LogP contribution is 2.30. The molecule has 0 radical (unpaired) electrons. The van der Waals surface area contributed by atoms with Crippen LogP contribution in [0.4, 0.5) is 10.6 Å². The third-order valence-electron chi connectivity index (χ3n) is 4.45. The average molecular weight is 421 g/mol. The monoisotopic (exact) mass is 420 g/mol. The summed E-state index contributed by atoms with van der Waals surface area (Å²) >= 11 is 3.53. The summed E-state index contributed by atoms with van der Waals surface area (Å²) in [6.45, 7) is 8.59. The Morgan fingerprint density at radius 3 is 2.81 bits per heavy atom. The number of hydrogen-bond donors (Lipinski definition) is 1. The van der Waals surface area contributed by atoms with Crippen molar-refractivity contribution in [2.45, 2.75) is 58.2 Å². The molecule has 1 amide bonds. The van der Waals surface area contributed by atoms with Gasteiger partial charge in [-0.3, -0.25) is 0 Å². The average Bonchev–Trinajstić information content (AvgIpc) is 2.53. The largest absolute Gasteiger partial charge is 0.444 e. The molecule has 1 aliphatic rings. The number of fused-ring (bicyclic) bond motifs is 1. The fourth-order valence-corrected chi connectivity index (χ4v) is 3.70. The summed E-state index contributed by atoms with van der Waals surface area (Å²) in [7, 11) is 0. The summed E-state index contributed by atoms with van der Waals surface area (Å²) in [4.78, 5) is 23.2. The van der Waals surface area contributed by atoms with Crippen LogP contribution in [-0.2, 0) is 4.74 Å². The van der Waals surface area contributed by atoms with Crippen LogP contribution >= 0.6 is 15.9 Å². The van der Waals surface area contributed by atoms with Gasteiger partial charge in [-0.1, -0.05) is 15.9 Å². The Labute approximate surface area is 162 Å². The number of ether oxygens (including phenoxy) is 1. The molecule has 1 aromatic carbocycles. The van der Waals surface area contributed by atoms with E-state index >= 15 is 0 Å². The summed E-state index contributed by atoms with van der Waals surface area (Å²) in [6.07, 6.45) is 2.96. The summed E-state index contributed by atoms with van der Waals surface area (Å²) < 4.78 is 6.38. The van der Waals surface area contributed by atoms with E-state index in [4.69, 9.17) is 4.74 Å². The summed E-state index contributed by atoms with van der Waals surface area (Å²) in [5.41, 5.74) is 0.448. The quantitative estimate of drug-likeness (QED) is 0.785.